The van der Waals surface area contributed by atoms with Crippen molar-refractivity contribution in [1.29, 1.82) is 0 Å². The van der Waals surface area contributed by atoms with Gasteiger partial charge in [0.25, 0.3) is 0 Å². The van der Waals surface area contributed by atoms with Crippen molar-refractivity contribution in [2.24, 2.45) is 0 Å². The molecule has 0 saturated heterocycles. The monoisotopic (exact) mass is 204 g/mol. The molecule has 0 aliphatic carbocycles. The number of unbranched alkanes of at least 4 members (excludes halogenated alkanes) is 3. The molecule has 15 heavy (non-hydrogen) atoms. The molecular weight excluding hydrogens is 188 g/mol. The lowest BCUT2D eigenvalue weighted by Crippen LogP contribution is -1.98. The van der Waals surface area contributed by atoms with E-state index in [1.165, 1.54) is 0 Å². The zero-order chi connectivity index (χ0) is 10.9. The van der Waals surface area contributed by atoms with Crippen LogP contribution >= 0.6 is 0 Å². The molecule has 0 radical (unpaired) electrons. The Bertz CT molecular complexity index is 304. The molecule has 1 aromatic carbocycles. The first-order valence-electron chi connectivity index (χ1n) is 5.36. The Morgan fingerprint density at radius 2 is 1.80 bits per heavy atom. The SMILES string of the molecule is O=CCCCCCC(=O)c1ccccc1. The Morgan fingerprint density at radius 1 is 1.07 bits per heavy atom. The quantitative estimate of drug-likeness (QED) is 0.388. The molecule has 0 aliphatic heterocycles. The molecule has 0 amide bonds. The summed E-state index contributed by atoms with van der Waals surface area (Å²) in [4.78, 5) is 21.7. The molecule has 0 atom stereocenters. The minimum absolute atomic E-state index is 0.196. The molecule has 0 fully saturated rings. The number of ketones is 1. The van der Waals surface area contributed by atoms with Crippen molar-refractivity contribution < 1.29 is 9.59 Å². The third kappa shape index (κ3) is 4.54. The Morgan fingerprint density at radius 3 is 2.47 bits per heavy atom. The van der Waals surface area contributed by atoms with Crippen molar-refractivity contribution >= 4 is 12.1 Å². The fourth-order valence-electron chi connectivity index (χ4n) is 1.46. The highest BCUT2D eigenvalue weighted by Crippen LogP contribution is 2.08. The molecule has 0 unspecified atom stereocenters. The largest absolute Gasteiger partial charge is 0.303 e. The van der Waals surface area contributed by atoms with E-state index in [1.807, 2.05) is 30.3 Å². The van der Waals surface area contributed by atoms with Gasteiger partial charge in [0, 0.05) is 18.4 Å². The van der Waals surface area contributed by atoms with Crippen LogP contribution in [0.25, 0.3) is 0 Å². The predicted octanol–water partition coefficient (Wildman–Crippen LogP) is 3.02. The molecule has 0 aromatic heterocycles. The standard InChI is InChI=1S/C13H16O2/c14-11-7-2-1-6-10-13(15)12-8-4-3-5-9-12/h3-5,8-9,11H,1-2,6-7,10H2. The molecular formula is C13H16O2. The van der Waals surface area contributed by atoms with E-state index in [0.717, 1.165) is 31.1 Å². The molecule has 0 spiro atoms. The maximum atomic E-state index is 11.6. The maximum absolute atomic E-state index is 11.6. The average molecular weight is 204 g/mol. The molecule has 0 N–H and O–H groups in total. The lowest BCUT2D eigenvalue weighted by Gasteiger charge is -1.99. The van der Waals surface area contributed by atoms with E-state index >= 15 is 0 Å². The van der Waals surface area contributed by atoms with Gasteiger partial charge in [-0.05, 0) is 12.8 Å². The molecule has 2 heteroatoms. The predicted molar refractivity (Wildman–Crippen MR) is 59.9 cm³/mol. The smallest absolute Gasteiger partial charge is 0.162 e. The molecule has 0 saturated carbocycles. The summed E-state index contributed by atoms with van der Waals surface area (Å²) in [5.41, 5.74) is 0.785. The number of rotatable bonds is 7. The van der Waals surface area contributed by atoms with Gasteiger partial charge in [0.2, 0.25) is 0 Å². The number of hydrogen-bond donors (Lipinski definition) is 0. The number of carbonyl (C=O) groups is 2. The first-order valence-corrected chi connectivity index (χ1v) is 5.36. The van der Waals surface area contributed by atoms with Gasteiger partial charge in [0.15, 0.2) is 5.78 Å². The summed E-state index contributed by atoms with van der Waals surface area (Å²) in [5, 5.41) is 0. The molecule has 0 heterocycles. The van der Waals surface area contributed by atoms with Gasteiger partial charge in [-0.3, -0.25) is 4.79 Å². The molecule has 80 valence electrons. The number of aldehydes is 1. The Balaban J connectivity index is 2.22. The van der Waals surface area contributed by atoms with Crippen LogP contribution in [0.3, 0.4) is 0 Å². The van der Waals surface area contributed by atoms with Crippen molar-refractivity contribution in [2.45, 2.75) is 32.1 Å². The van der Waals surface area contributed by atoms with Crippen LogP contribution in [0, 0.1) is 0 Å². The number of hydrogen-bond acceptors (Lipinski definition) is 2. The lowest BCUT2D eigenvalue weighted by atomic mass is 10.0. The van der Waals surface area contributed by atoms with Gasteiger partial charge in [-0.15, -0.1) is 0 Å². The van der Waals surface area contributed by atoms with Crippen LogP contribution in [0.1, 0.15) is 42.5 Å². The van der Waals surface area contributed by atoms with Gasteiger partial charge in [-0.2, -0.15) is 0 Å². The zero-order valence-corrected chi connectivity index (χ0v) is 8.82. The van der Waals surface area contributed by atoms with E-state index < -0.39 is 0 Å². The summed E-state index contributed by atoms with van der Waals surface area (Å²) in [6.45, 7) is 0. The average Bonchev–Trinajstić information content (AvgIpc) is 2.30. The Hall–Kier alpha value is -1.44. The summed E-state index contributed by atoms with van der Waals surface area (Å²) < 4.78 is 0. The fourth-order valence-corrected chi connectivity index (χ4v) is 1.46. The topological polar surface area (TPSA) is 34.1 Å². The lowest BCUT2D eigenvalue weighted by molar-refractivity contribution is -0.107. The van der Waals surface area contributed by atoms with Crippen molar-refractivity contribution in [2.75, 3.05) is 0 Å². The van der Waals surface area contributed by atoms with Crippen molar-refractivity contribution in [1.82, 2.24) is 0 Å². The first kappa shape index (κ1) is 11.6. The molecule has 0 aliphatic rings. The molecule has 1 aromatic rings. The van der Waals surface area contributed by atoms with Gasteiger partial charge in [0.05, 0.1) is 0 Å². The number of benzene rings is 1. The Labute approximate surface area is 90.3 Å². The summed E-state index contributed by atoms with van der Waals surface area (Å²) in [7, 11) is 0. The number of Topliss-reactive ketones (excluding diaryl/α,β-unsaturated/α-hetero) is 1. The summed E-state index contributed by atoms with van der Waals surface area (Å²) in [6.07, 6.45) is 4.85. The van der Waals surface area contributed by atoms with E-state index in [1.54, 1.807) is 0 Å². The van der Waals surface area contributed by atoms with Gasteiger partial charge in [0.1, 0.15) is 6.29 Å². The van der Waals surface area contributed by atoms with Gasteiger partial charge in [-0.25, -0.2) is 0 Å². The summed E-state index contributed by atoms with van der Waals surface area (Å²) in [6, 6.07) is 9.33. The third-order valence-corrected chi connectivity index (χ3v) is 2.32. The minimum Gasteiger partial charge on any atom is -0.303 e. The van der Waals surface area contributed by atoms with E-state index in [9.17, 15) is 9.59 Å². The third-order valence-electron chi connectivity index (χ3n) is 2.32. The first-order chi connectivity index (χ1) is 7.34. The normalized spacial score (nSPS) is 9.87. The van der Waals surface area contributed by atoms with Crippen molar-refractivity contribution in [3.63, 3.8) is 0 Å². The summed E-state index contributed by atoms with van der Waals surface area (Å²) >= 11 is 0. The maximum Gasteiger partial charge on any atom is 0.162 e. The van der Waals surface area contributed by atoms with Crippen LogP contribution in [-0.4, -0.2) is 12.1 Å². The second-order valence-corrected chi connectivity index (χ2v) is 3.56. The van der Waals surface area contributed by atoms with E-state index in [2.05, 4.69) is 0 Å². The Kier molecular flexibility index (Phi) is 5.38. The van der Waals surface area contributed by atoms with E-state index in [0.29, 0.717) is 12.8 Å². The van der Waals surface area contributed by atoms with E-state index in [4.69, 9.17) is 0 Å². The molecule has 2 nitrogen and oxygen atoms in total. The van der Waals surface area contributed by atoms with Crippen LogP contribution < -0.4 is 0 Å². The van der Waals surface area contributed by atoms with Gasteiger partial charge < -0.3 is 4.79 Å². The zero-order valence-electron chi connectivity index (χ0n) is 8.82. The number of carbonyl (C=O) groups excluding carboxylic acids is 2. The van der Waals surface area contributed by atoms with E-state index in [-0.39, 0.29) is 5.78 Å². The van der Waals surface area contributed by atoms with Crippen LogP contribution in [0.15, 0.2) is 30.3 Å². The summed E-state index contributed by atoms with van der Waals surface area (Å²) in [5.74, 6) is 0.196. The highest BCUT2D eigenvalue weighted by atomic mass is 16.1. The van der Waals surface area contributed by atoms with Crippen LogP contribution in [-0.2, 0) is 4.79 Å². The van der Waals surface area contributed by atoms with Gasteiger partial charge in [-0.1, -0.05) is 36.8 Å². The van der Waals surface area contributed by atoms with Gasteiger partial charge >= 0.3 is 0 Å². The van der Waals surface area contributed by atoms with Crippen molar-refractivity contribution in [3.8, 4) is 0 Å². The van der Waals surface area contributed by atoms with Crippen LogP contribution in [0.2, 0.25) is 0 Å². The highest BCUT2D eigenvalue weighted by Gasteiger charge is 2.03. The second kappa shape index (κ2) is 6.93. The van der Waals surface area contributed by atoms with Crippen LogP contribution in [0.4, 0.5) is 0 Å². The highest BCUT2D eigenvalue weighted by molar-refractivity contribution is 5.95. The van der Waals surface area contributed by atoms with Crippen LogP contribution in [0.5, 0.6) is 0 Å². The molecule has 0 bridgehead atoms. The molecule has 1 rings (SSSR count). The minimum atomic E-state index is 0.196. The second-order valence-electron chi connectivity index (χ2n) is 3.56. The van der Waals surface area contributed by atoms with Crippen molar-refractivity contribution in [3.05, 3.63) is 35.9 Å². The fraction of sp³-hybridized carbons (Fsp3) is 0.385.